The second kappa shape index (κ2) is 7.80. The van der Waals surface area contributed by atoms with Crippen molar-refractivity contribution in [3.05, 3.63) is 44.9 Å². The molecule has 1 amide bonds. The van der Waals surface area contributed by atoms with E-state index in [1.54, 1.807) is 6.07 Å². The average Bonchev–Trinajstić information content (AvgIpc) is 2.95. The predicted octanol–water partition coefficient (Wildman–Crippen LogP) is 3.77. The van der Waals surface area contributed by atoms with Crippen molar-refractivity contribution < 1.29 is 9.53 Å². The van der Waals surface area contributed by atoms with Crippen LogP contribution >= 0.6 is 34.5 Å². The quantitative estimate of drug-likeness (QED) is 0.869. The van der Waals surface area contributed by atoms with Gasteiger partial charge in [0.2, 0.25) is 5.91 Å². The summed E-state index contributed by atoms with van der Waals surface area (Å²) in [4.78, 5) is 18.5. The summed E-state index contributed by atoms with van der Waals surface area (Å²) in [6, 6.07) is 5.48. The van der Waals surface area contributed by atoms with Gasteiger partial charge in [0.1, 0.15) is 0 Å². The Hall–Kier alpha value is -1.18. The average molecular weight is 386 g/mol. The van der Waals surface area contributed by atoms with Gasteiger partial charge in [0, 0.05) is 18.5 Å². The van der Waals surface area contributed by atoms with Crippen molar-refractivity contribution in [2.45, 2.75) is 13.0 Å². The molecule has 0 radical (unpaired) electrons. The van der Waals surface area contributed by atoms with Gasteiger partial charge < -0.3 is 10.1 Å². The Kier molecular flexibility index (Phi) is 5.73. The molecule has 1 aliphatic heterocycles. The van der Waals surface area contributed by atoms with E-state index in [4.69, 9.17) is 27.9 Å². The summed E-state index contributed by atoms with van der Waals surface area (Å²) in [5.74, 6) is -0.0702. The highest BCUT2D eigenvalue weighted by molar-refractivity contribution is 7.13. The van der Waals surface area contributed by atoms with E-state index in [2.05, 4.69) is 15.2 Å². The number of rotatable bonds is 4. The number of thiazole rings is 1. The van der Waals surface area contributed by atoms with E-state index in [1.165, 1.54) is 11.3 Å². The van der Waals surface area contributed by atoms with Gasteiger partial charge in [-0.3, -0.25) is 9.69 Å². The number of nitrogens with one attached hydrogen (secondary N) is 1. The smallest absolute Gasteiger partial charge is 0.240 e. The molecule has 0 saturated carbocycles. The second-order valence-electron chi connectivity index (χ2n) is 5.61. The molecule has 1 aliphatic rings. The predicted molar refractivity (Wildman–Crippen MR) is 97.1 cm³/mol. The largest absolute Gasteiger partial charge is 0.371 e. The minimum absolute atomic E-state index is 0.0702. The molecular formula is C16H17Cl2N3O2S. The first-order valence-electron chi connectivity index (χ1n) is 7.52. The Balaban J connectivity index is 1.58. The van der Waals surface area contributed by atoms with Gasteiger partial charge in [-0.15, -0.1) is 11.3 Å². The van der Waals surface area contributed by atoms with Crippen LogP contribution in [0.1, 0.15) is 17.4 Å². The van der Waals surface area contributed by atoms with Crippen LogP contribution < -0.4 is 5.32 Å². The lowest BCUT2D eigenvalue weighted by atomic mass is 10.1. The van der Waals surface area contributed by atoms with Crippen molar-refractivity contribution in [2.75, 3.05) is 31.6 Å². The molecule has 1 aromatic carbocycles. The number of ether oxygens (including phenoxy) is 1. The number of aromatic nitrogens is 1. The van der Waals surface area contributed by atoms with Crippen molar-refractivity contribution in [3.63, 3.8) is 0 Å². The fourth-order valence-corrected chi connectivity index (χ4v) is 3.54. The maximum Gasteiger partial charge on any atom is 0.240 e. The van der Waals surface area contributed by atoms with Crippen LogP contribution in [0.15, 0.2) is 23.6 Å². The Morgan fingerprint density at radius 3 is 3.00 bits per heavy atom. The Bertz CT molecular complexity index is 738. The Morgan fingerprint density at radius 2 is 2.29 bits per heavy atom. The molecule has 2 heterocycles. The van der Waals surface area contributed by atoms with Gasteiger partial charge in [0.15, 0.2) is 5.13 Å². The molecule has 8 heteroatoms. The zero-order valence-corrected chi connectivity index (χ0v) is 15.4. The number of hydrogen-bond acceptors (Lipinski definition) is 5. The summed E-state index contributed by atoms with van der Waals surface area (Å²) in [5.41, 5.74) is 1.87. The maximum atomic E-state index is 12.2. The van der Waals surface area contributed by atoms with Gasteiger partial charge in [0.25, 0.3) is 0 Å². The molecule has 3 rings (SSSR count). The molecule has 1 unspecified atom stereocenters. The number of benzene rings is 1. The number of aryl methyl sites for hydroxylation is 1. The molecule has 1 N–H and O–H groups in total. The highest BCUT2D eigenvalue weighted by Gasteiger charge is 2.24. The number of carbonyl (C=O) groups is 1. The van der Waals surface area contributed by atoms with Crippen LogP contribution in [0.25, 0.3) is 0 Å². The van der Waals surface area contributed by atoms with Gasteiger partial charge in [0.05, 0.1) is 35.0 Å². The van der Waals surface area contributed by atoms with Crippen molar-refractivity contribution in [3.8, 4) is 0 Å². The van der Waals surface area contributed by atoms with Crippen LogP contribution in [0, 0.1) is 6.92 Å². The van der Waals surface area contributed by atoms with Crippen molar-refractivity contribution in [1.29, 1.82) is 0 Å². The fourth-order valence-electron chi connectivity index (χ4n) is 2.53. The van der Waals surface area contributed by atoms with Crippen LogP contribution in [0.2, 0.25) is 10.0 Å². The third-order valence-corrected chi connectivity index (χ3v) is 5.31. The van der Waals surface area contributed by atoms with Gasteiger partial charge in [-0.25, -0.2) is 4.98 Å². The highest BCUT2D eigenvalue weighted by atomic mass is 35.5. The molecule has 0 spiro atoms. The molecule has 0 bridgehead atoms. The number of halogens is 2. The summed E-state index contributed by atoms with van der Waals surface area (Å²) in [7, 11) is 0. The minimum Gasteiger partial charge on any atom is -0.371 e. The standard InChI is InChI=1S/C16H17Cl2N3O2S/c1-10-9-24-16(19-10)20-15(22)8-21-4-5-23-14(7-21)11-2-3-12(17)13(18)6-11/h2-3,6,9,14H,4-5,7-8H2,1H3,(H,19,20,22). The highest BCUT2D eigenvalue weighted by Crippen LogP contribution is 2.29. The van der Waals surface area contributed by atoms with Gasteiger partial charge in [-0.05, 0) is 24.6 Å². The Morgan fingerprint density at radius 1 is 1.46 bits per heavy atom. The third kappa shape index (κ3) is 4.46. The number of carbonyl (C=O) groups excluding carboxylic acids is 1. The zero-order chi connectivity index (χ0) is 17.1. The first-order chi connectivity index (χ1) is 11.5. The van der Waals surface area contributed by atoms with E-state index in [0.717, 1.165) is 11.3 Å². The van der Waals surface area contributed by atoms with Crippen LogP contribution in [-0.4, -0.2) is 42.0 Å². The molecule has 128 valence electrons. The number of morpholine rings is 1. The molecule has 1 aromatic heterocycles. The first kappa shape index (κ1) is 17.6. The second-order valence-corrected chi connectivity index (χ2v) is 7.28. The molecule has 1 atom stereocenters. The lowest BCUT2D eigenvalue weighted by molar-refractivity contribution is -0.119. The van der Waals surface area contributed by atoms with E-state index in [0.29, 0.717) is 41.4 Å². The monoisotopic (exact) mass is 385 g/mol. The van der Waals surface area contributed by atoms with Crippen LogP contribution in [0.3, 0.4) is 0 Å². The zero-order valence-electron chi connectivity index (χ0n) is 13.1. The molecule has 5 nitrogen and oxygen atoms in total. The summed E-state index contributed by atoms with van der Waals surface area (Å²) in [6.45, 7) is 4.11. The number of nitrogens with zero attached hydrogens (tertiary/aromatic N) is 2. The summed E-state index contributed by atoms with van der Waals surface area (Å²) < 4.78 is 5.81. The first-order valence-corrected chi connectivity index (χ1v) is 9.15. The van der Waals surface area contributed by atoms with Crippen LogP contribution in [0.5, 0.6) is 0 Å². The number of amides is 1. The normalized spacial score (nSPS) is 18.5. The molecule has 0 aliphatic carbocycles. The van der Waals surface area contributed by atoms with Crippen molar-refractivity contribution in [2.24, 2.45) is 0 Å². The number of hydrogen-bond donors (Lipinski definition) is 1. The minimum atomic E-state index is -0.122. The van der Waals surface area contributed by atoms with Gasteiger partial charge in [-0.1, -0.05) is 29.3 Å². The molecule has 1 saturated heterocycles. The van der Waals surface area contributed by atoms with Crippen LogP contribution in [0.4, 0.5) is 5.13 Å². The van der Waals surface area contributed by atoms with E-state index < -0.39 is 0 Å². The van der Waals surface area contributed by atoms with E-state index >= 15 is 0 Å². The van der Waals surface area contributed by atoms with Crippen LogP contribution in [-0.2, 0) is 9.53 Å². The fraction of sp³-hybridized carbons (Fsp3) is 0.375. The SMILES string of the molecule is Cc1csc(NC(=O)CN2CCOC(c3ccc(Cl)c(Cl)c3)C2)n1. The topological polar surface area (TPSA) is 54.5 Å². The van der Waals surface area contributed by atoms with Gasteiger partial charge >= 0.3 is 0 Å². The maximum absolute atomic E-state index is 12.2. The lowest BCUT2D eigenvalue weighted by Gasteiger charge is -2.32. The molecule has 2 aromatic rings. The van der Waals surface area contributed by atoms with Gasteiger partial charge in [-0.2, -0.15) is 0 Å². The van der Waals surface area contributed by atoms with Crippen molar-refractivity contribution in [1.82, 2.24) is 9.88 Å². The molecular weight excluding hydrogens is 369 g/mol. The number of anilines is 1. The lowest BCUT2D eigenvalue weighted by Crippen LogP contribution is -2.42. The van der Waals surface area contributed by atoms with Crippen molar-refractivity contribution >= 4 is 45.6 Å². The summed E-state index contributed by atoms with van der Waals surface area (Å²) in [5, 5.41) is 6.39. The van der Waals surface area contributed by atoms with E-state index in [9.17, 15) is 4.79 Å². The molecule has 1 fully saturated rings. The Labute approximate surface area is 154 Å². The summed E-state index contributed by atoms with van der Waals surface area (Å²) in [6.07, 6.45) is -0.122. The van der Waals surface area contributed by atoms with E-state index in [-0.39, 0.29) is 12.0 Å². The third-order valence-electron chi connectivity index (χ3n) is 3.70. The molecule has 24 heavy (non-hydrogen) atoms. The summed E-state index contributed by atoms with van der Waals surface area (Å²) >= 11 is 13.5. The van der Waals surface area contributed by atoms with E-state index in [1.807, 2.05) is 24.4 Å².